The number of phenols is 1. The van der Waals surface area contributed by atoms with Crippen LogP contribution in [-0.2, 0) is 9.53 Å². The van der Waals surface area contributed by atoms with E-state index in [4.69, 9.17) is 9.47 Å². The number of fused-ring (bicyclic) bond motifs is 1. The Morgan fingerprint density at radius 1 is 1.17 bits per heavy atom. The SMILES string of the molecule is C/C=C(\C)C(=O)OC(/C=C/C(C)(C)O)c1cc(OC)c2c(c1O)C(=O)C=CC2=O. The molecule has 0 saturated carbocycles. The summed E-state index contributed by atoms with van der Waals surface area (Å²) >= 11 is 0. The fourth-order valence-electron chi connectivity index (χ4n) is 2.70. The Kier molecular flexibility index (Phi) is 6.44. The third-order valence-electron chi connectivity index (χ3n) is 4.37. The number of aromatic hydroxyl groups is 1. The molecule has 7 heteroatoms. The lowest BCUT2D eigenvalue weighted by Crippen LogP contribution is -2.18. The predicted octanol–water partition coefficient (Wildman–Crippen LogP) is 3.21. The average Bonchev–Trinajstić information content (AvgIpc) is 2.66. The number of carbonyl (C=O) groups is 3. The number of hydrogen-bond donors (Lipinski definition) is 2. The van der Waals surface area contributed by atoms with E-state index < -0.39 is 35.0 Å². The maximum atomic E-state index is 12.4. The van der Waals surface area contributed by atoms with E-state index in [0.29, 0.717) is 5.57 Å². The van der Waals surface area contributed by atoms with Crippen molar-refractivity contribution in [1.29, 1.82) is 0 Å². The molecular formula is C22H24O7. The third kappa shape index (κ3) is 4.81. The second-order valence-electron chi connectivity index (χ2n) is 7.14. The van der Waals surface area contributed by atoms with Crippen molar-refractivity contribution in [2.24, 2.45) is 0 Å². The summed E-state index contributed by atoms with van der Waals surface area (Å²) < 4.78 is 10.7. The second kappa shape index (κ2) is 8.45. The molecule has 1 aliphatic rings. The summed E-state index contributed by atoms with van der Waals surface area (Å²) in [7, 11) is 1.32. The van der Waals surface area contributed by atoms with Crippen molar-refractivity contribution in [1.82, 2.24) is 0 Å². The Balaban J connectivity index is 2.69. The molecule has 0 heterocycles. The Morgan fingerprint density at radius 2 is 1.76 bits per heavy atom. The summed E-state index contributed by atoms with van der Waals surface area (Å²) in [5, 5.41) is 20.8. The molecule has 1 aromatic carbocycles. The van der Waals surface area contributed by atoms with Gasteiger partial charge in [0.1, 0.15) is 17.6 Å². The summed E-state index contributed by atoms with van der Waals surface area (Å²) in [6, 6.07) is 1.34. The maximum Gasteiger partial charge on any atom is 0.334 e. The monoisotopic (exact) mass is 400 g/mol. The number of aliphatic hydroxyl groups is 1. The molecule has 2 N–H and O–H groups in total. The molecule has 7 nitrogen and oxygen atoms in total. The smallest absolute Gasteiger partial charge is 0.334 e. The molecule has 1 atom stereocenters. The highest BCUT2D eigenvalue weighted by Crippen LogP contribution is 2.41. The summed E-state index contributed by atoms with van der Waals surface area (Å²) in [6.07, 6.45) is 5.38. The first-order valence-electron chi connectivity index (χ1n) is 8.96. The number of ketones is 2. The van der Waals surface area contributed by atoms with Crippen LogP contribution < -0.4 is 4.74 Å². The Labute approximate surface area is 168 Å². The van der Waals surface area contributed by atoms with Crippen LogP contribution in [0.3, 0.4) is 0 Å². The summed E-state index contributed by atoms with van der Waals surface area (Å²) in [4.78, 5) is 36.9. The highest BCUT2D eigenvalue weighted by molar-refractivity contribution is 6.24. The zero-order valence-electron chi connectivity index (χ0n) is 17.0. The molecule has 154 valence electrons. The van der Waals surface area contributed by atoms with Gasteiger partial charge in [0.15, 0.2) is 11.6 Å². The van der Waals surface area contributed by atoms with Crippen LogP contribution in [0.2, 0.25) is 0 Å². The fourth-order valence-corrected chi connectivity index (χ4v) is 2.70. The van der Waals surface area contributed by atoms with Crippen molar-refractivity contribution < 1.29 is 34.1 Å². The number of benzene rings is 1. The van der Waals surface area contributed by atoms with Crippen LogP contribution in [0, 0.1) is 0 Å². The Hall–Kier alpha value is -3.19. The van der Waals surface area contributed by atoms with Gasteiger partial charge in [-0.1, -0.05) is 12.2 Å². The largest absolute Gasteiger partial charge is 0.507 e. The van der Waals surface area contributed by atoms with Crippen LogP contribution in [0.4, 0.5) is 0 Å². The first kappa shape index (κ1) is 22.1. The van der Waals surface area contributed by atoms with Gasteiger partial charge in [-0.15, -0.1) is 0 Å². The molecule has 1 aromatic rings. The molecule has 0 amide bonds. The normalized spacial score (nSPS) is 15.4. The van der Waals surface area contributed by atoms with Gasteiger partial charge in [-0.05, 0) is 52.0 Å². The molecule has 29 heavy (non-hydrogen) atoms. The molecule has 0 aromatic heterocycles. The number of allylic oxidation sites excluding steroid dienone is 3. The number of hydrogen-bond acceptors (Lipinski definition) is 7. The standard InChI is InChI=1S/C22H24O7/c1-6-12(2)21(26)29-16(9-10-22(3,4)27)13-11-17(28-5)18-14(23)7-8-15(24)19(18)20(13)25/h6-11,16,25,27H,1-5H3/b10-9+,12-6+. The number of ether oxygens (including phenoxy) is 2. The van der Waals surface area contributed by atoms with Crippen molar-refractivity contribution in [2.45, 2.75) is 39.4 Å². The highest BCUT2D eigenvalue weighted by Gasteiger charge is 2.32. The van der Waals surface area contributed by atoms with Crippen molar-refractivity contribution in [3.05, 3.63) is 58.7 Å². The molecule has 0 spiro atoms. The van der Waals surface area contributed by atoms with E-state index in [2.05, 4.69) is 0 Å². The Morgan fingerprint density at radius 3 is 2.28 bits per heavy atom. The van der Waals surface area contributed by atoms with Crippen LogP contribution in [0.5, 0.6) is 11.5 Å². The minimum atomic E-state index is -1.22. The van der Waals surface area contributed by atoms with Gasteiger partial charge in [-0.3, -0.25) is 9.59 Å². The van der Waals surface area contributed by atoms with E-state index in [9.17, 15) is 24.6 Å². The number of rotatable bonds is 6. The number of esters is 1. The lowest BCUT2D eigenvalue weighted by Gasteiger charge is -2.22. The van der Waals surface area contributed by atoms with Gasteiger partial charge in [0.25, 0.3) is 0 Å². The van der Waals surface area contributed by atoms with E-state index in [-0.39, 0.29) is 22.4 Å². The van der Waals surface area contributed by atoms with Crippen molar-refractivity contribution >= 4 is 17.5 Å². The summed E-state index contributed by atoms with van der Waals surface area (Å²) in [6.45, 7) is 6.30. The zero-order valence-corrected chi connectivity index (χ0v) is 17.0. The first-order valence-corrected chi connectivity index (χ1v) is 8.96. The van der Waals surface area contributed by atoms with Crippen LogP contribution in [0.15, 0.2) is 42.0 Å². The molecular weight excluding hydrogens is 376 g/mol. The number of carbonyl (C=O) groups excluding carboxylic acids is 3. The predicted molar refractivity (Wildman–Crippen MR) is 106 cm³/mol. The molecule has 1 unspecified atom stereocenters. The summed E-state index contributed by atoms with van der Waals surface area (Å²) in [5.74, 6) is -2.12. The van der Waals surface area contributed by atoms with Crippen LogP contribution in [0.25, 0.3) is 0 Å². The van der Waals surface area contributed by atoms with Gasteiger partial charge in [0.2, 0.25) is 0 Å². The Bertz CT molecular complexity index is 943. The van der Waals surface area contributed by atoms with Crippen LogP contribution >= 0.6 is 0 Å². The van der Waals surface area contributed by atoms with E-state index in [1.54, 1.807) is 19.9 Å². The van der Waals surface area contributed by atoms with E-state index in [0.717, 1.165) is 12.2 Å². The average molecular weight is 400 g/mol. The van der Waals surface area contributed by atoms with Gasteiger partial charge in [0.05, 0.1) is 23.8 Å². The van der Waals surface area contributed by atoms with Crippen LogP contribution in [-0.4, -0.2) is 40.5 Å². The maximum absolute atomic E-state index is 12.4. The first-order chi connectivity index (χ1) is 13.5. The second-order valence-corrected chi connectivity index (χ2v) is 7.14. The highest BCUT2D eigenvalue weighted by atomic mass is 16.5. The van der Waals surface area contributed by atoms with E-state index in [1.165, 1.54) is 39.2 Å². The van der Waals surface area contributed by atoms with Crippen molar-refractivity contribution in [3.8, 4) is 11.5 Å². The third-order valence-corrected chi connectivity index (χ3v) is 4.37. The van der Waals surface area contributed by atoms with Crippen molar-refractivity contribution in [2.75, 3.05) is 7.11 Å². The van der Waals surface area contributed by atoms with Gasteiger partial charge >= 0.3 is 5.97 Å². The van der Waals surface area contributed by atoms with Gasteiger partial charge in [0, 0.05) is 11.1 Å². The number of methoxy groups -OCH3 is 1. The van der Waals surface area contributed by atoms with E-state index in [1.807, 2.05) is 0 Å². The molecule has 2 rings (SSSR count). The van der Waals surface area contributed by atoms with Crippen molar-refractivity contribution in [3.63, 3.8) is 0 Å². The van der Waals surface area contributed by atoms with Gasteiger partial charge in [-0.25, -0.2) is 4.79 Å². The molecule has 0 fully saturated rings. The van der Waals surface area contributed by atoms with Gasteiger partial charge < -0.3 is 19.7 Å². The summed E-state index contributed by atoms with van der Waals surface area (Å²) in [5.41, 5.74) is -1.10. The zero-order chi connectivity index (χ0) is 21.9. The lowest BCUT2D eigenvalue weighted by molar-refractivity contribution is -0.142. The minimum Gasteiger partial charge on any atom is -0.507 e. The molecule has 0 bridgehead atoms. The fraction of sp³-hybridized carbons (Fsp3) is 0.318. The molecule has 0 aliphatic heterocycles. The number of phenolic OH excluding ortho intramolecular Hbond substituents is 1. The molecule has 0 radical (unpaired) electrons. The minimum absolute atomic E-state index is 0.0507. The lowest BCUT2D eigenvalue weighted by atomic mass is 9.89. The molecule has 0 saturated heterocycles. The molecule has 1 aliphatic carbocycles. The van der Waals surface area contributed by atoms with Crippen LogP contribution in [0.1, 0.15) is 60.1 Å². The quantitative estimate of drug-likeness (QED) is 0.428. The van der Waals surface area contributed by atoms with Gasteiger partial charge in [-0.2, -0.15) is 0 Å². The van der Waals surface area contributed by atoms with E-state index >= 15 is 0 Å². The topological polar surface area (TPSA) is 110 Å².